The highest BCUT2D eigenvalue weighted by molar-refractivity contribution is 5.86. The highest BCUT2D eigenvalue weighted by atomic mass is 16.7. The second-order valence-electron chi connectivity index (χ2n) is 7.84. The number of β-amino-alcohol motifs (C(OH)–C–C–N with tert-alkyl or cyclic N) is 1. The molecule has 0 amide bonds. The van der Waals surface area contributed by atoms with Gasteiger partial charge in [0, 0.05) is 44.7 Å². The number of hydrogen-bond donors (Lipinski definition) is 2. The molecule has 2 aliphatic heterocycles. The van der Waals surface area contributed by atoms with Crippen molar-refractivity contribution in [3.63, 3.8) is 0 Å². The fraction of sp³-hybridized carbons (Fsp3) is 0.348. The van der Waals surface area contributed by atoms with Crippen LogP contribution in [0, 0.1) is 0 Å². The first-order chi connectivity index (χ1) is 15.1. The van der Waals surface area contributed by atoms with Crippen molar-refractivity contribution in [3.8, 4) is 28.4 Å². The summed E-state index contributed by atoms with van der Waals surface area (Å²) in [5, 5.41) is 20.4. The number of phenolic OH excluding ortho intramolecular Hbond substituents is 1. The minimum atomic E-state index is -0.467. The Balaban J connectivity index is 1.46. The molecule has 5 rings (SSSR count). The highest BCUT2D eigenvalue weighted by Crippen LogP contribution is 2.36. The van der Waals surface area contributed by atoms with Gasteiger partial charge in [-0.1, -0.05) is 6.07 Å². The Morgan fingerprint density at radius 3 is 2.52 bits per heavy atom. The van der Waals surface area contributed by atoms with Crippen LogP contribution < -0.4 is 15.1 Å². The highest BCUT2D eigenvalue weighted by Gasteiger charge is 2.21. The lowest BCUT2D eigenvalue weighted by Crippen LogP contribution is -2.46. The molecular weight excluding hydrogens is 400 g/mol. The number of phenols is 1. The summed E-state index contributed by atoms with van der Waals surface area (Å²) in [6, 6.07) is 10.5. The zero-order chi connectivity index (χ0) is 21.4. The summed E-state index contributed by atoms with van der Waals surface area (Å²) in [4.78, 5) is 17.3. The molecule has 0 bridgehead atoms. The SMILES string of the molecule is O=c1oc2c(CN3CCN(CCO)CC3)c(O)ccc2cc1-c1ccc2c(c1)OCO2. The number of benzene rings is 2. The van der Waals surface area contributed by atoms with E-state index in [0.29, 0.717) is 46.9 Å². The first kappa shape index (κ1) is 19.9. The van der Waals surface area contributed by atoms with Crippen LogP contribution in [0.2, 0.25) is 0 Å². The minimum Gasteiger partial charge on any atom is -0.507 e. The summed E-state index contributed by atoms with van der Waals surface area (Å²) in [5.41, 5.74) is 1.68. The number of ether oxygens (including phenoxy) is 2. The van der Waals surface area contributed by atoms with Gasteiger partial charge >= 0.3 is 5.63 Å². The monoisotopic (exact) mass is 424 g/mol. The van der Waals surface area contributed by atoms with E-state index < -0.39 is 5.63 Å². The maximum Gasteiger partial charge on any atom is 0.344 e. The topological polar surface area (TPSA) is 95.6 Å². The molecule has 0 saturated carbocycles. The van der Waals surface area contributed by atoms with Gasteiger partial charge < -0.3 is 24.1 Å². The third-order valence-electron chi connectivity index (χ3n) is 5.93. The van der Waals surface area contributed by atoms with E-state index in [1.807, 2.05) is 0 Å². The van der Waals surface area contributed by atoms with Crippen molar-refractivity contribution in [2.24, 2.45) is 0 Å². The molecule has 1 fully saturated rings. The maximum atomic E-state index is 12.8. The molecule has 0 unspecified atom stereocenters. The van der Waals surface area contributed by atoms with E-state index in [1.54, 1.807) is 36.4 Å². The summed E-state index contributed by atoms with van der Waals surface area (Å²) >= 11 is 0. The predicted molar refractivity (Wildman–Crippen MR) is 115 cm³/mol. The zero-order valence-electron chi connectivity index (χ0n) is 17.0. The van der Waals surface area contributed by atoms with E-state index in [0.717, 1.165) is 31.6 Å². The number of aliphatic hydroxyl groups is 1. The van der Waals surface area contributed by atoms with Crippen molar-refractivity contribution in [1.29, 1.82) is 0 Å². The molecule has 8 heteroatoms. The molecule has 2 aliphatic rings. The van der Waals surface area contributed by atoms with Crippen LogP contribution in [-0.2, 0) is 6.54 Å². The van der Waals surface area contributed by atoms with Gasteiger partial charge in [-0.05, 0) is 35.9 Å². The maximum absolute atomic E-state index is 12.8. The van der Waals surface area contributed by atoms with Crippen LogP contribution in [0.4, 0.5) is 0 Å². The number of aliphatic hydroxyl groups excluding tert-OH is 1. The number of fused-ring (bicyclic) bond motifs is 2. The van der Waals surface area contributed by atoms with Gasteiger partial charge in [0.25, 0.3) is 0 Å². The van der Waals surface area contributed by atoms with Crippen molar-refractivity contribution in [2.75, 3.05) is 46.1 Å². The van der Waals surface area contributed by atoms with Crippen LogP contribution >= 0.6 is 0 Å². The average Bonchev–Trinajstić information content (AvgIpc) is 3.25. The van der Waals surface area contributed by atoms with Crippen LogP contribution in [0.3, 0.4) is 0 Å². The number of rotatable bonds is 5. The fourth-order valence-corrected chi connectivity index (χ4v) is 4.19. The van der Waals surface area contributed by atoms with Crippen LogP contribution in [0.15, 0.2) is 45.6 Å². The summed E-state index contributed by atoms with van der Waals surface area (Å²) in [7, 11) is 0. The smallest absolute Gasteiger partial charge is 0.344 e. The van der Waals surface area contributed by atoms with Gasteiger partial charge in [-0.3, -0.25) is 9.80 Å². The third kappa shape index (κ3) is 3.85. The third-order valence-corrected chi connectivity index (χ3v) is 5.93. The quantitative estimate of drug-likeness (QED) is 0.601. The Labute approximate surface area is 178 Å². The lowest BCUT2D eigenvalue weighted by atomic mass is 10.0. The molecule has 2 aromatic carbocycles. The molecule has 1 saturated heterocycles. The number of aromatic hydroxyl groups is 1. The van der Waals surface area contributed by atoms with Crippen LogP contribution in [0.25, 0.3) is 22.1 Å². The molecule has 31 heavy (non-hydrogen) atoms. The molecule has 0 radical (unpaired) electrons. The molecule has 8 nitrogen and oxygen atoms in total. The Morgan fingerprint density at radius 1 is 0.935 bits per heavy atom. The lowest BCUT2D eigenvalue weighted by molar-refractivity contribution is 0.108. The molecule has 2 N–H and O–H groups in total. The van der Waals surface area contributed by atoms with E-state index in [2.05, 4.69) is 9.80 Å². The molecule has 3 heterocycles. The van der Waals surface area contributed by atoms with E-state index in [-0.39, 0.29) is 19.1 Å². The van der Waals surface area contributed by atoms with Crippen LogP contribution in [0.1, 0.15) is 5.56 Å². The van der Waals surface area contributed by atoms with Crippen molar-refractivity contribution in [2.45, 2.75) is 6.54 Å². The van der Waals surface area contributed by atoms with Gasteiger partial charge in [-0.25, -0.2) is 4.79 Å². The number of piperazine rings is 1. The van der Waals surface area contributed by atoms with Gasteiger partial charge in [0.15, 0.2) is 11.5 Å². The lowest BCUT2D eigenvalue weighted by Gasteiger charge is -2.34. The van der Waals surface area contributed by atoms with Crippen molar-refractivity contribution in [3.05, 3.63) is 52.4 Å². The van der Waals surface area contributed by atoms with E-state index in [9.17, 15) is 9.90 Å². The summed E-state index contributed by atoms with van der Waals surface area (Å²) in [5.74, 6) is 1.37. The first-order valence-corrected chi connectivity index (χ1v) is 10.4. The molecule has 162 valence electrons. The zero-order valence-corrected chi connectivity index (χ0v) is 17.0. The van der Waals surface area contributed by atoms with E-state index in [4.69, 9.17) is 19.0 Å². The van der Waals surface area contributed by atoms with Gasteiger partial charge in [0.1, 0.15) is 11.3 Å². The van der Waals surface area contributed by atoms with Crippen molar-refractivity contribution >= 4 is 11.0 Å². The number of hydrogen-bond acceptors (Lipinski definition) is 8. The first-order valence-electron chi connectivity index (χ1n) is 10.4. The molecule has 0 aliphatic carbocycles. The van der Waals surface area contributed by atoms with Gasteiger partial charge in [0.2, 0.25) is 6.79 Å². The fourth-order valence-electron chi connectivity index (χ4n) is 4.19. The van der Waals surface area contributed by atoms with E-state index >= 15 is 0 Å². The second kappa shape index (κ2) is 8.22. The predicted octanol–water partition coefficient (Wildman–Crippen LogP) is 2.00. The summed E-state index contributed by atoms with van der Waals surface area (Å²) < 4.78 is 16.5. The largest absolute Gasteiger partial charge is 0.507 e. The molecule has 0 atom stereocenters. The Bertz CT molecular complexity index is 1170. The molecule has 1 aromatic heterocycles. The normalized spacial score (nSPS) is 16.8. The van der Waals surface area contributed by atoms with Crippen molar-refractivity contribution in [1.82, 2.24) is 9.80 Å². The average molecular weight is 424 g/mol. The Hall–Kier alpha value is -3.07. The molecule has 0 spiro atoms. The van der Waals surface area contributed by atoms with Gasteiger partial charge in [-0.2, -0.15) is 0 Å². The van der Waals surface area contributed by atoms with Crippen LogP contribution in [0.5, 0.6) is 17.2 Å². The van der Waals surface area contributed by atoms with E-state index in [1.165, 1.54) is 0 Å². The van der Waals surface area contributed by atoms with Crippen LogP contribution in [-0.4, -0.2) is 66.1 Å². The van der Waals surface area contributed by atoms with Gasteiger partial charge in [-0.15, -0.1) is 0 Å². The Morgan fingerprint density at radius 2 is 1.71 bits per heavy atom. The van der Waals surface area contributed by atoms with Gasteiger partial charge in [0.05, 0.1) is 17.7 Å². The summed E-state index contributed by atoms with van der Waals surface area (Å²) in [6.07, 6.45) is 0. The Kier molecular flexibility index (Phi) is 5.27. The minimum absolute atomic E-state index is 0.115. The molecule has 3 aromatic rings. The molecular formula is C23H24N2O6. The van der Waals surface area contributed by atoms with Crippen molar-refractivity contribution < 1.29 is 24.1 Å². The summed E-state index contributed by atoms with van der Waals surface area (Å²) in [6.45, 7) is 4.82. The standard InChI is InChI=1S/C23H24N2O6/c26-10-9-24-5-7-25(8-6-24)13-18-19(27)3-1-16-11-17(23(28)31-22(16)18)15-2-4-20-21(12-15)30-14-29-20/h1-4,11-12,26-27H,5-10,13-14H2. The second-order valence-corrected chi connectivity index (χ2v) is 7.84. The number of nitrogens with zero attached hydrogens (tertiary/aromatic N) is 2.